The van der Waals surface area contributed by atoms with Crippen LogP contribution in [0.5, 0.6) is 0 Å². The Labute approximate surface area is 92.4 Å². The Kier molecular flexibility index (Phi) is 3.52. The molecule has 5 heteroatoms. The topological polar surface area (TPSA) is 17.1 Å². The van der Waals surface area contributed by atoms with Crippen LogP contribution >= 0.6 is 22.6 Å². The van der Waals surface area contributed by atoms with Crippen LogP contribution < -0.4 is 0 Å². The van der Waals surface area contributed by atoms with E-state index in [-0.39, 0.29) is 5.56 Å². The first-order chi connectivity index (χ1) is 6.43. The van der Waals surface area contributed by atoms with E-state index in [1.165, 1.54) is 24.3 Å². The molecule has 0 aliphatic rings. The van der Waals surface area contributed by atoms with Gasteiger partial charge in [-0.2, -0.15) is 13.2 Å². The molecule has 0 radical (unpaired) electrons. The summed E-state index contributed by atoms with van der Waals surface area (Å²) in [7, 11) is 0. The van der Waals surface area contributed by atoms with Gasteiger partial charge in [0, 0.05) is 5.56 Å². The lowest BCUT2D eigenvalue weighted by molar-refractivity contribution is -0.116. The van der Waals surface area contributed by atoms with E-state index >= 15 is 0 Å². The molecule has 0 bridgehead atoms. The van der Waals surface area contributed by atoms with Crippen LogP contribution in [0.1, 0.15) is 10.4 Å². The van der Waals surface area contributed by atoms with Gasteiger partial charge in [0.15, 0.2) is 9.71 Å². The molecule has 0 saturated carbocycles. The Morgan fingerprint density at radius 1 is 1.21 bits per heavy atom. The van der Waals surface area contributed by atoms with Gasteiger partial charge in [0.05, 0.1) is 0 Å². The number of carbonyl (C=O) groups is 1. The second-order valence-corrected chi connectivity index (χ2v) is 3.88. The van der Waals surface area contributed by atoms with Gasteiger partial charge in [0.25, 0.3) is 0 Å². The Morgan fingerprint density at radius 2 is 1.71 bits per heavy atom. The van der Waals surface area contributed by atoms with Gasteiger partial charge in [-0.25, -0.2) is 0 Å². The minimum Gasteiger partial charge on any atom is -0.293 e. The largest absolute Gasteiger partial charge is 0.407 e. The summed E-state index contributed by atoms with van der Waals surface area (Å²) in [5.74, 6) is -0.904. The van der Waals surface area contributed by atoms with Crippen molar-refractivity contribution in [2.45, 2.75) is 10.1 Å². The highest BCUT2D eigenvalue weighted by Gasteiger charge is 2.42. The normalized spacial score (nSPS) is 13.7. The zero-order chi connectivity index (χ0) is 10.8. The fraction of sp³-hybridized carbons (Fsp3) is 0.222. The number of alkyl halides is 4. The van der Waals surface area contributed by atoms with Crippen molar-refractivity contribution in [2.24, 2.45) is 0 Å². The van der Waals surface area contributed by atoms with Crippen LogP contribution in [0.25, 0.3) is 0 Å². The fourth-order valence-electron chi connectivity index (χ4n) is 0.897. The number of carbonyl (C=O) groups excluding carboxylic acids is 1. The molecule has 1 aromatic carbocycles. The minimum absolute atomic E-state index is 0.0872. The van der Waals surface area contributed by atoms with Crippen LogP contribution in [-0.4, -0.2) is 15.9 Å². The van der Waals surface area contributed by atoms with Crippen molar-refractivity contribution in [1.82, 2.24) is 0 Å². The summed E-state index contributed by atoms with van der Waals surface area (Å²) in [5.41, 5.74) is 0.0872. The molecule has 14 heavy (non-hydrogen) atoms. The van der Waals surface area contributed by atoms with E-state index in [1.807, 2.05) is 0 Å². The summed E-state index contributed by atoms with van der Waals surface area (Å²) in [4.78, 5) is 11.3. The molecule has 0 N–H and O–H groups in total. The van der Waals surface area contributed by atoms with Gasteiger partial charge in [-0.3, -0.25) is 4.79 Å². The average molecular weight is 314 g/mol. The molecule has 0 saturated heterocycles. The van der Waals surface area contributed by atoms with Gasteiger partial charge in [-0.15, -0.1) is 0 Å². The SMILES string of the molecule is O=C(c1ccccc1)C(I)C(F)(F)F. The Bertz CT molecular complexity index is 321. The third-order valence-electron chi connectivity index (χ3n) is 1.58. The summed E-state index contributed by atoms with van der Waals surface area (Å²) in [5, 5.41) is 0. The molecule has 0 aliphatic carbocycles. The summed E-state index contributed by atoms with van der Waals surface area (Å²) >= 11 is 1.10. The Hall–Kier alpha value is -0.590. The van der Waals surface area contributed by atoms with Gasteiger partial charge >= 0.3 is 6.18 Å². The number of Topliss-reactive ketones (excluding diaryl/α,β-unsaturated/α-hetero) is 1. The number of ketones is 1. The molecule has 0 heterocycles. The zero-order valence-corrected chi connectivity index (χ0v) is 9.04. The molecule has 1 aromatic rings. The highest BCUT2D eigenvalue weighted by molar-refractivity contribution is 14.1. The molecule has 0 aliphatic heterocycles. The Morgan fingerprint density at radius 3 is 2.14 bits per heavy atom. The van der Waals surface area contributed by atoms with Crippen molar-refractivity contribution < 1.29 is 18.0 Å². The maximum absolute atomic E-state index is 12.2. The second-order valence-electron chi connectivity index (χ2n) is 2.63. The highest BCUT2D eigenvalue weighted by Crippen LogP contribution is 2.29. The lowest BCUT2D eigenvalue weighted by Crippen LogP contribution is -2.30. The van der Waals surface area contributed by atoms with E-state index in [2.05, 4.69) is 0 Å². The molecule has 0 amide bonds. The fourth-order valence-corrected chi connectivity index (χ4v) is 1.26. The van der Waals surface area contributed by atoms with Crippen molar-refractivity contribution in [1.29, 1.82) is 0 Å². The maximum atomic E-state index is 12.2. The quantitative estimate of drug-likeness (QED) is 0.465. The molecule has 1 rings (SSSR count). The molecule has 1 nitrogen and oxygen atoms in total. The third-order valence-corrected chi connectivity index (χ3v) is 2.85. The first-order valence-electron chi connectivity index (χ1n) is 3.73. The standard InChI is InChI=1S/C9H6F3IO/c10-9(11,12)8(13)7(14)6-4-2-1-3-5-6/h1-5,8H. The van der Waals surface area contributed by atoms with Crippen LogP contribution in [0.4, 0.5) is 13.2 Å². The van der Waals surface area contributed by atoms with E-state index in [1.54, 1.807) is 6.07 Å². The third kappa shape index (κ3) is 2.70. The Balaban J connectivity index is 2.87. The first-order valence-corrected chi connectivity index (χ1v) is 4.97. The lowest BCUT2D eigenvalue weighted by Gasteiger charge is -2.12. The van der Waals surface area contributed by atoms with Gasteiger partial charge in [0.1, 0.15) is 0 Å². The molecule has 1 atom stereocenters. The van der Waals surface area contributed by atoms with Crippen LogP contribution in [-0.2, 0) is 0 Å². The van der Waals surface area contributed by atoms with Gasteiger partial charge in [0.2, 0.25) is 0 Å². The summed E-state index contributed by atoms with van der Waals surface area (Å²) < 4.78 is 34.5. The molecule has 76 valence electrons. The van der Waals surface area contributed by atoms with E-state index < -0.39 is 15.9 Å². The summed E-state index contributed by atoms with van der Waals surface area (Å²) in [6, 6.07) is 7.46. The van der Waals surface area contributed by atoms with E-state index in [0.717, 1.165) is 22.6 Å². The summed E-state index contributed by atoms with van der Waals surface area (Å²) in [6.45, 7) is 0. The molecule has 0 fully saturated rings. The monoisotopic (exact) mass is 314 g/mol. The lowest BCUT2D eigenvalue weighted by atomic mass is 10.1. The number of rotatable bonds is 2. The smallest absolute Gasteiger partial charge is 0.293 e. The molecule has 1 unspecified atom stereocenters. The van der Waals surface area contributed by atoms with Gasteiger partial charge in [-0.05, 0) is 0 Å². The first kappa shape index (κ1) is 11.5. The van der Waals surface area contributed by atoms with E-state index in [4.69, 9.17) is 0 Å². The van der Waals surface area contributed by atoms with Crippen LogP contribution in [0.3, 0.4) is 0 Å². The van der Waals surface area contributed by atoms with Crippen LogP contribution in [0.2, 0.25) is 0 Å². The number of hydrogen-bond donors (Lipinski definition) is 0. The summed E-state index contributed by atoms with van der Waals surface area (Å²) in [6.07, 6.45) is -4.48. The maximum Gasteiger partial charge on any atom is 0.407 e. The molecule has 0 spiro atoms. The van der Waals surface area contributed by atoms with Crippen LogP contribution in [0, 0.1) is 0 Å². The van der Waals surface area contributed by atoms with E-state index in [9.17, 15) is 18.0 Å². The molecular formula is C9H6F3IO. The van der Waals surface area contributed by atoms with Gasteiger partial charge < -0.3 is 0 Å². The van der Waals surface area contributed by atoms with Crippen molar-refractivity contribution >= 4 is 28.4 Å². The minimum atomic E-state index is -4.48. The predicted octanol–water partition coefficient (Wildman–Crippen LogP) is 3.24. The van der Waals surface area contributed by atoms with Crippen molar-refractivity contribution in [3.05, 3.63) is 35.9 Å². The van der Waals surface area contributed by atoms with Crippen molar-refractivity contribution in [3.63, 3.8) is 0 Å². The average Bonchev–Trinajstić information content (AvgIpc) is 2.15. The number of halogens is 4. The highest BCUT2D eigenvalue weighted by atomic mass is 127. The molecule has 0 aromatic heterocycles. The van der Waals surface area contributed by atoms with Crippen LogP contribution in [0.15, 0.2) is 30.3 Å². The predicted molar refractivity (Wildman–Crippen MR) is 54.6 cm³/mol. The number of benzene rings is 1. The second kappa shape index (κ2) is 4.29. The van der Waals surface area contributed by atoms with Crippen molar-refractivity contribution in [2.75, 3.05) is 0 Å². The zero-order valence-electron chi connectivity index (χ0n) is 6.88. The van der Waals surface area contributed by atoms with Gasteiger partial charge in [-0.1, -0.05) is 52.9 Å². The number of hydrogen-bond acceptors (Lipinski definition) is 1. The molecular weight excluding hydrogens is 308 g/mol. The van der Waals surface area contributed by atoms with Crippen molar-refractivity contribution in [3.8, 4) is 0 Å². The van der Waals surface area contributed by atoms with E-state index in [0.29, 0.717) is 0 Å².